The fraction of sp³-hybridized carbons (Fsp3) is 0.737. The Bertz CT molecular complexity index is 599. The summed E-state index contributed by atoms with van der Waals surface area (Å²) in [5.74, 6) is 2.79. The number of nitrogens with zero attached hydrogens (tertiary/aromatic N) is 4. The van der Waals surface area contributed by atoms with Crippen LogP contribution in [0.25, 0.3) is 0 Å². The molecule has 1 atom stereocenters. The maximum atomic E-state index is 12.9. The molecule has 6 heteroatoms. The number of hydrogen-bond acceptors (Lipinski definition) is 5. The van der Waals surface area contributed by atoms with E-state index < -0.39 is 0 Å². The van der Waals surface area contributed by atoms with Crippen molar-refractivity contribution in [3.8, 4) is 0 Å². The number of hydrogen-bond donors (Lipinski definition) is 0. The Kier molecular flexibility index (Phi) is 5.89. The zero-order chi connectivity index (χ0) is 17.8. The van der Waals surface area contributed by atoms with Gasteiger partial charge in [-0.05, 0) is 38.5 Å². The third-order valence-corrected chi connectivity index (χ3v) is 5.35. The molecule has 3 heterocycles. The van der Waals surface area contributed by atoms with Gasteiger partial charge in [0.2, 0.25) is 5.91 Å². The van der Waals surface area contributed by atoms with Crippen LogP contribution in [-0.4, -0.2) is 54.1 Å². The van der Waals surface area contributed by atoms with E-state index in [9.17, 15) is 4.79 Å². The van der Waals surface area contributed by atoms with Crippen LogP contribution >= 0.6 is 0 Å². The van der Waals surface area contributed by atoms with Crippen molar-refractivity contribution in [2.45, 2.75) is 46.1 Å². The van der Waals surface area contributed by atoms with E-state index in [0.717, 1.165) is 69.3 Å². The first-order chi connectivity index (χ1) is 12.1. The van der Waals surface area contributed by atoms with E-state index in [4.69, 9.17) is 4.74 Å². The molecule has 138 valence electrons. The van der Waals surface area contributed by atoms with Crippen molar-refractivity contribution in [2.24, 2.45) is 11.8 Å². The van der Waals surface area contributed by atoms with Crippen LogP contribution < -0.4 is 4.90 Å². The maximum Gasteiger partial charge on any atom is 0.227 e. The van der Waals surface area contributed by atoms with Gasteiger partial charge in [-0.3, -0.25) is 4.79 Å². The Morgan fingerprint density at radius 1 is 1.24 bits per heavy atom. The van der Waals surface area contributed by atoms with Crippen LogP contribution in [0.3, 0.4) is 0 Å². The largest absolute Gasteiger partial charge is 0.377 e. The molecule has 0 aromatic carbocycles. The van der Waals surface area contributed by atoms with Crippen LogP contribution in [0, 0.1) is 18.8 Å². The van der Waals surface area contributed by atoms with Crippen LogP contribution in [0.1, 0.15) is 44.1 Å². The average molecular weight is 346 g/mol. The first-order valence-electron chi connectivity index (χ1n) is 9.44. The van der Waals surface area contributed by atoms with Gasteiger partial charge in [0, 0.05) is 45.0 Å². The molecule has 25 heavy (non-hydrogen) atoms. The Hall–Kier alpha value is -1.69. The Labute approximate surface area is 150 Å². The van der Waals surface area contributed by atoms with Crippen LogP contribution in [0.5, 0.6) is 0 Å². The minimum Gasteiger partial charge on any atom is -0.377 e. The second kappa shape index (κ2) is 8.13. The Morgan fingerprint density at radius 3 is 2.72 bits per heavy atom. The molecule has 0 aliphatic carbocycles. The highest BCUT2D eigenvalue weighted by Gasteiger charge is 2.31. The first kappa shape index (κ1) is 18.1. The lowest BCUT2D eigenvalue weighted by atomic mass is 9.93. The Morgan fingerprint density at radius 2 is 2.00 bits per heavy atom. The lowest BCUT2D eigenvalue weighted by Gasteiger charge is -2.37. The van der Waals surface area contributed by atoms with Gasteiger partial charge < -0.3 is 14.5 Å². The zero-order valence-corrected chi connectivity index (χ0v) is 15.7. The van der Waals surface area contributed by atoms with Crippen LogP contribution in [0.15, 0.2) is 6.07 Å². The first-order valence-corrected chi connectivity index (χ1v) is 9.44. The molecule has 0 bridgehead atoms. The zero-order valence-electron chi connectivity index (χ0n) is 15.7. The second-order valence-electron chi connectivity index (χ2n) is 7.51. The highest BCUT2D eigenvalue weighted by atomic mass is 16.5. The van der Waals surface area contributed by atoms with Gasteiger partial charge in [0.05, 0.1) is 5.92 Å². The summed E-state index contributed by atoms with van der Waals surface area (Å²) < 4.78 is 5.17. The average Bonchev–Trinajstić information content (AvgIpc) is 2.62. The number of likely N-dealkylation sites (tertiary alicyclic amines) is 1. The summed E-state index contributed by atoms with van der Waals surface area (Å²) in [6.45, 7) is 8.21. The number of carbonyl (C=O) groups is 1. The highest BCUT2D eigenvalue weighted by molar-refractivity contribution is 5.79. The van der Waals surface area contributed by atoms with Gasteiger partial charge in [-0.15, -0.1) is 0 Å². The predicted molar refractivity (Wildman–Crippen MR) is 97.4 cm³/mol. The molecular formula is C19H30N4O2. The van der Waals surface area contributed by atoms with Crippen molar-refractivity contribution in [1.82, 2.24) is 14.9 Å². The molecule has 1 amide bonds. The number of aryl methyl sites for hydroxylation is 1. The molecule has 1 aromatic rings. The summed E-state index contributed by atoms with van der Waals surface area (Å²) in [6, 6.07) is 2.01. The lowest BCUT2D eigenvalue weighted by Crippen LogP contribution is -2.47. The molecule has 1 aromatic heterocycles. The number of amides is 1. The fourth-order valence-electron chi connectivity index (χ4n) is 3.84. The van der Waals surface area contributed by atoms with E-state index in [-0.39, 0.29) is 5.92 Å². The fourth-order valence-corrected chi connectivity index (χ4v) is 3.84. The van der Waals surface area contributed by atoms with Crippen molar-refractivity contribution in [3.63, 3.8) is 0 Å². The maximum absolute atomic E-state index is 12.9. The summed E-state index contributed by atoms with van der Waals surface area (Å²) in [4.78, 5) is 26.3. The number of ether oxygens (including phenoxy) is 1. The van der Waals surface area contributed by atoms with Crippen LogP contribution in [-0.2, 0) is 16.1 Å². The summed E-state index contributed by atoms with van der Waals surface area (Å²) in [7, 11) is 1.65. The van der Waals surface area contributed by atoms with E-state index >= 15 is 0 Å². The molecular weight excluding hydrogens is 316 g/mol. The molecule has 2 aliphatic heterocycles. The third-order valence-electron chi connectivity index (χ3n) is 5.35. The molecule has 0 saturated carbocycles. The third kappa shape index (κ3) is 4.48. The van der Waals surface area contributed by atoms with Crippen LogP contribution in [0.4, 0.5) is 5.82 Å². The summed E-state index contributed by atoms with van der Waals surface area (Å²) in [6.07, 6.45) is 4.28. The van der Waals surface area contributed by atoms with Gasteiger partial charge in [0.25, 0.3) is 0 Å². The van der Waals surface area contributed by atoms with Gasteiger partial charge >= 0.3 is 0 Å². The molecule has 2 aliphatic rings. The van der Waals surface area contributed by atoms with E-state index in [1.54, 1.807) is 7.11 Å². The summed E-state index contributed by atoms with van der Waals surface area (Å²) in [5.41, 5.74) is 0.940. The van der Waals surface area contributed by atoms with Gasteiger partial charge in [0.15, 0.2) is 5.82 Å². The van der Waals surface area contributed by atoms with Gasteiger partial charge in [0.1, 0.15) is 12.4 Å². The number of rotatable bonds is 4. The number of aromatic nitrogens is 2. The normalized spacial score (nSPS) is 22.3. The topological polar surface area (TPSA) is 58.6 Å². The Balaban J connectivity index is 1.67. The number of anilines is 1. The summed E-state index contributed by atoms with van der Waals surface area (Å²) >= 11 is 0. The minimum atomic E-state index is 0.0864. The van der Waals surface area contributed by atoms with E-state index in [1.165, 1.54) is 0 Å². The molecule has 0 N–H and O–H groups in total. The number of methoxy groups -OCH3 is 1. The second-order valence-corrected chi connectivity index (χ2v) is 7.51. The van der Waals surface area contributed by atoms with Gasteiger partial charge in [-0.2, -0.15) is 0 Å². The van der Waals surface area contributed by atoms with E-state index in [1.807, 2.05) is 13.0 Å². The van der Waals surface area contributed by atoms with Crippen molar-refractivity contribution in [2.75, 3.05) is 38.2 Å². The highest BCUT2D eigenvalue weighted by Crippen LogP contribution is 2.26. The molecule has 3 rings (SSSR count). The molecule has 0 spiro atoms. The van der Waals surface area contributed by atoms with Crippen molar-refractivity contribution in [1.29, 1.82) is 0 Å². The van der Waals surface area contributed by atoms with Gasteiger partial charge in [-0.25, -0.2) is 9.97 Å². The number of piperidine rings is 2. The molecule has 2 fully saturated rings. The van der Waals surface area contributed by atoms with Crippen molar-refractivity contribution >= 4 is 11.7 Å². The van der Waals surface area contributed by atoms with Crippen molar-refractivity contribution < 1.29 is 9.53 Å². The van der Waals surface area contributed by atoms with E-state index in [2.05, 4.69) is 26.7 Å². The minimum absolute atomic E-state index is 0.0864. The molecule has 2 saturated heterocycles. The quantitative estimate of drug-likeness (QED) is 0.838. The predicted octanol–water partition coefficient (Wildman–Crippen LogP) is 2.41. The van der Waals surface area contributed by atoms with E-state index in [0.29, 0.717) is 18.3 Å². The number of carbonyl (C=O) groups excluding carboxylic acids is 1. The molecule has 6 nitrogen and oxygen atoms in total. The lowest BCUT2D eigenvalue weighted by molar-refractivity contribution is -0.137. The monoisotopic (exact) mass is 346 g/mol. The molecule has 0 radical (unpaired) electrons. The SMILES string of the molecule is COCc1nc(C)cc(N2CCC[C@@H](C(=O)N3CCC(C)CC3)C2)n1. The van der Waals surface area contributed by atoms with Gasteiger partial charge in [-0.1, -0.05) is 6.92 Å². The molecule has 0 unspecified atom stereocenters. The smallest absolute Gasteiger partial charge is 0.227 e. The van der Waals surface area contributed by atoms with Crippen molar-refractivity contribution in [3.05, 3.63) is 17.6 Å². The summed E-state index contributed by atoms with van der Waals surface area (Å²) in [5, 5.41) is 0. The van der Waals surface area contributed by atoms with Crippen LogP contribution in [0.2, 0.25) is 0 Å². The standard InChI is InChI=1S/C19H30N4O2/c1-14-6-9-22(10-7-14)19(24)16-5-4-8-23(12-16)18-11-15(2)20-17(21-18)13-25-3/h11,14,16H,4-10,12-13H2,1-3H3/t16-/m1/s1.